The maximum atomic E-state index is 11.3. The molecule has 11 heteroatoms. The summed E-state index contributed by atoms with van der Waals surface area (Å²) in [5.41, 5.74) is -0.760. The molecular formula is C29H48F6MoN2O2. The van der Waals surface area contributed by atoms with E-state index in [1.165, 1.54) is 29.7 Å². The van der Waals surface area contributed by atoms with E-state index in [9.17, 15) is 26.3 Å². The zero-order chi connectivity index (χ0) is 32.2. The summed E-state index contributed by atoms with van der Waals surface area (Å²) in [5, 5.41) is 16.5. The molecule has 4 nitrogen and oxygen atoms in total. The number of rotatable bonds is 3. The van der Waals surface area contributed by atoms with Gasteiger partial charge in [0.1, 0.15) is 0 Å². The Morgan fingerprint density at radius 1 is 0.800 bits per heavy atom. The molecule has 1 aromatic rings. The van der Waals surface area contributed by atoms with Crippen molar-refractivity contribution >= 4 is 16.3 Å². The normalized spacial score (nSPS) is 13.9. The fraction of sp³-hybridized carbons (Fsp3) is 0.724. The van der Waals surface area contributed by atoms with E-state index in [1.54, 1.807) is 0 Å². The molecule has 0 unspecified atom stereocenters. The predicted molar refractivity (Wildman–Crippen MR) is 150 cm³/mol. The van der Waals surface area contributed by atoms with Crippen LogP contribution in [-0.2, 0) is 17.9 Å². The summed E-state index contributed by atoms with van der Waals surface area (Å²) in [5.74, 6) is 1.08. The van der Waals surface area contributed by atoms with Crippen molar-refractivity contribution in [2.24, 2.45) is 13.9 Å². The monoisotopic (exact) mass is 668 g/mol. The molecule has 1 aliphatic rings. The molecule has 0 aliphatic carbocycles. The van der Waals surface area contributed by atoms with Gasteiger partial charge in [-0.25, -0.2) is 0 Å². The molecule has 40 heavy (non-hydrogen) atoms. The molecule has 234 valence electrons. The zero-order valence-electron chi connectivity index (χ0n) is 25.6. The van der Waals surface area contributed by atoms with E-state index < -0.39 is 41.5 Å². The van der Waals surface area contributed by atoms with Gasteiger partial charge in [-0.15, -0.1) is 0 Å². The fourth-order valence-electron chi connectivity index (χ4n) is 2.31. The Balaban J connectivity index is 0. The molecule has 0 fully saturated rings. The minimum absolute atomic E-state index is 0.288. The third kappa shape index (κ3) is 18.2. The Labute approximate surface area is 244 Å². The quantitative estimate of drug-likeness (QED) is 0.250. The fourth-order valence-corrected chi connectivity index (χ4v) is 3.99. The van der Waals surface area contributed by atoms with Crippen LogP contribution < -0.4 is 0 Å². The Bertz CT molecular complexity index is 879. The molecule has 1 aliphatic heterocycles. The van der Waals surface area contributed by atoms with E-state index in [1.807, 2.05) is 6.21 Å². The number of hydrogen-bond donors (Lipinski definition) is 2. The van der Waals surface area contributed by atoms with Gasteiger partial charge in [0.05, 0.1) is 0 Å². The van der Waals surface area contributed by atoms with Gasteiger partial charge >= 0.3 is 139 Å². The topological polar surface area (TPSA) is 65.2 Å². The van der Waals surface area contributed by atoms with E-state index in [-0.39, 0.29) is 5.41 Å². The molecule has 0 spiro atoms. The predicted octanol–water partition coefficient (Wildman–Crippen LogP) is 9.17. The first kappa shape index (κ1) is 40.9. The van der Waals surface area contributed by atoms with Crippen LogP contribution in [0.25, 0.3) is 0 Å². The van der Waals surface area contributed by atoms with Crippen LogP contribution >= 0.6 is 0 Å². The summed E-state index contributed by atoms with van der Waals surface area (Å²) in [6, 6.07) is 6.65. The molecule has 2 rings (SSSR count). The van der Waals surface area contributed by atoms with Crippen LogP contribution in [0.5, 0.6) is 0 Å². The Morgan fingerprint density at radius 3 is 1.38 bits per heavy atom. The second-order valence-electron chi connectivity index (χ2n) is 12.1. The Hall–Kier alpha value is -1.25. The van der Waals surface area contributed by atoms with Crippen LogP contribution in [0.3, 0.4) is 0 Å². The van der Waals surface area contributed by atoms with Crippen LogP contribution in [-0.4, -0.2) is 50.9 Å². The SMILES string of the molecule is C1=NCCC1.CC(C)(O)C(F)(F)F.CC(C)(O)C(F)(F)F.CC(C)c1cccc(C(C)C)c1[N]=[Mo]=[CH]C(C)(C)C. The van der Waals surface area contributed by atoms with Crippen molar-refractivity contribution in [3.05, 3.63) is 29.3 Å². The van der Waals surface area contributed by atoms with Crippen molar-refractivity contribution < 1.29 is 54.5 Å². The summed E-state index contributed by atoms with van der Waals surface area (Å²) in [6.07, 6.45) is -4.54. The van der Waals surface area contributed by atoms with Gasteiger partial charge in [-0.1, -0.05) is 0 Å². The number of nitrogens with zero attached hydrogens (tertiary/aromatic N) is 2. The van der Waals surface area contributed by atoms with Gasteiger partial charge in [-0.2, -0.15) is 26.3 Å². The molecular weight excluding hydrogens is 618 g/mol. The van der Waals surface area contributed by atoms with E-state index in [4.69, 9.17) is 13.7 Å². The Morgan fingerprint density at radius 2 is 1.18 bits per heavy atom. The Kier molecular flexibility index (Phi) is 17.4. The van der Waals surface area contributed by atoms with Gasteiger partial charge in [0.25, 0.3) is 0 Å². The maximum absolute atomic E-state index is 11.3. The summed E-state index contributed by atoms with van der Waals surface area (Å²) in [4.78, 5) is 3.96. The summed E-state index contributed by atoms with van der Waals surface area (Å²) in [7, 11) is 0. The van der Waals surface area contributed by atoms with Gasteiger partial charge in [0, 0.05) is 6.54 Å². The second kappa shape index (κ2) is 17.0. The molecule has 0 radical (unpaired) electrons. The molecule has 2 N–H and O–H groups in total. The number of halogens is 6. The van der Waals surface area contributed by atoms with E-state index in [2.05, 4.69) is 76.1 Å². The van der Waals surface area contributed by atoms with E-state index in [0.717, 1.165) is 6.54 Å². The standard InChI is InChI=1S/C12H17N.C5H10.2C4H7F3O.C4H7N.Mo/c1-8(2)10-6-5-7-11(9(3)4)12(10)13;1-5(2,3)4;2*1-3(2,8)4(5,6)7;1-2-4-5-3-1;/h5-9H,1-4H3;1H,2-4H3;2*8H,1-2H3;3H,1-2,4H2;. The average Bonchev–Trinajstić information content (AvgIpc) is 3.31. The number of hydrogen-bond acceptors (Lipinski definition) is 4. The first-order valence-corrected chi connectivity index (χ1v) is 15.2. The van der Waals surface area contributed by atoms with Gasteiger partial charge in [-0.05, 0) is 46.8 Å². The van der Waals surface area contributed by atoms with Crippen molar-refractivity contribution in [1.29, 1.82) is 0 Å². The van der Waals surface area contributed by atoms with Crippen LogP contribution in [0, 0.1) is 5.41 Å². The average molecular weight is 667 g/mol. The molecule has 1 heterocycles. The summed E-state index contributed by atoms with van der Waals surface area (Å²) >= 11 is -0.415. The number of benzene rings is 1. The minimum atomic E-state index is -4.51. The molecule has 0 saturated carbocycles. The number of alkyl halides is 6. The van der Waals surface area contributed by atoms with Crippen molar-refractivity contribution in [3.8, 4) is 0 Å². The second-order valence-corrected chi connectivity index (χ2v) is 13.7. The van der Waals surface area contributed by atoms with Crippen LogP contribution in [0.2, 0.25) is 0 Å². The van der Waals surface area contributed by atoms with Crippen LogP contribution in [0.15, 0.2) is 26.7 Å². The first-order valence-electron chi connectivity index (χ1n) is 13.1. The summed E-state index contributed by atoms with van der Waals surface area (Å²) < 4.78 is 75.3. The van der Waals surface area contributed by atoms with Crippen LogP contribution in [0.4, 0.5) is 32.0 Å². The summed E-state index contributed by atoms with van der Waals surface area (Å²) in [6.45, 7) is 19.7. The van der Waals surface area contributed by atoms with Gasteiger partial charge in [-0.3, -0.25) is 4.99 Å². The van der Waals surface area contributed by atoms with Crippen molar-refractivity contribution in [1.82, 2.24) is 0 Å². The first-order chi connectivity index (χ1) is 17.7. The third-order valence-corrected chi connectivity index (χ3v) is 7.73. The number of aliphatic imine (C=N–C) groups is 1. The molecule has 1 aromatic carbocycles. The number of aliphatic hydroxyl groups is 2. The van der Waals surface area contributed by atoms with Gasteiger partial charge < -0.3 is 10.2 Å². The van der Waals surface area contributed by atoms with Crippen molar-refractivity contribution in [3.63, 3.8) is 0 Å². The molecule has 0 aromatic heterocycles. The van der Waals surface area contributed by atoms with Crippen molar-refractivity contribution in [2.75, 3.05) is 6.54 Å². The zero-order valence-corrected chi connectivity index (χ0v) is 27.6. The van der Waals surface area contributed by atoms with Crippen molar-refractivity contribution in [2.45, 2.75) is 124 Å². The van der Waals surface area contributed by atoms with Gasteiger partial charge in [0.15, 0.2) is 11.2 Å². The molecule has 0 saturated heterocycles. The third-order valence-electron chi connectivity index (χ3n) is 5.03. The van der Waals surface area contributed by atoms with E-state index in [0.29, 0.717) is 39.5 Å². The van der Waals surface area contributed by atoms with Gasteiger partial charge in [0.2, 0.25) is 0 Å². The molecule has 0 atom stereocenters. The van der Waals surface area contributed by atoms with Crippen LogP contribution in [0.1, 0.15) is 112 Å². The molecule has 0 amide bonds. The van der Waals surface area contributed by atoms with E-state index >= 15 is 0 Å². The molecule has 0 bridgehead atoms.